The highest BCUT2D eigenvalue weighted by Gasteiger charge is 2.32. The third-order valence-electron chi connectivity index (χ3n) is 1.25. The van der Waals surface area contributed by atoms with Crippen LogP contribution in [0.1, 0.15) is 0 Å². The number of carbonyl (C=O) groups is 2. The van der Waals surface area contributed by atoms with Crippen molar-refractivity contribution in [3.05, 3.63) is 0 Å². The van der Waals surface area contributed by atoms with Crippen molar-refractivity contribution in [2.75, 3.05) is 7.05 Å². The molecule has 11 heavy (non-hydrogen) atoms. The van der Waals surface area contributed by atoms with E-state index in [4.69, 9.17) is 23.2 Å². The lowest BCUT2D eigenvalue weighted by atomic mass is 10.3. The van der Waals surface area contributed by atoms with Crippen LogP contribution in [-0.2, 0) is 4.79 Å². The van der Waals surface area contributed by atoms with Crippen molar-refractivity contribution in [2.45, 2.75) is 5.38 Å². The Morgan fingerprint density at radius 2 is 2.09 bits per heavy atom. The summed E-state index contributed by atoms with van der Waals surface area (Å²) in [6.45, 7) is 0. The van der Waals surface area contributed by atoms with E-state index >= 15 is 0 Å². The Labute approximate surface area is 72.8 Å². The fraction of sp³-hybridized carbons (Fsp3) is 0.400. The maximum atomic E-state index is 11.0. The second kappa shape index (κ2) is 2.79. The van der Waals surface area contributed by atoms with Crippen LogP contribution < -0.4 is 0 Å². The lowest BCUT2D eigenvalue weighted by Gasteiger charge is -2.19. The number of hydrogen-bond acceptors (Lipinski definition) is 2. The van der Waals surface area contributed by atoms with Crippen LogP contribution in [0.5, 0.6) is 0 Å². The molecule has 0 saturated heterocycles. The molecule has 1 rings (SSSR count). The number of imide groups is 1. The number of hydrogen-bond donors (Lipinski definition) is 0. The fourth-order valence-corrected chi connectivity index (χ4v) is 0.950. The van der Waals surface area contributed by atoms with Crippen molar-refractivity contribution < 1.29 is 9.59 Å². The van der Waals surface area contributed by atoms with Gasteiger partial charge in [0.05, 0.1) is 0 Å². The number of alkyl halides is 1. The van der Waals surface area contributed by atoms with Crippen molar-refractivity contribution in [3.8, 4) is 0 Å². The van der Waals surface area contributed by atoms with Gasteiger partial charge >= 0.3 is 6.03 Å². The maximum Gasteiger partial charge on any atom is 0.351 e. The molecule has 0 bridgehead atoms. The van der Waals surface area contributed by atoms with Crippen molar-refractivity contribution in [3.63, 3.8) is 0 Å². The van der Waals surface area contributed by atoms with Gasteiger partial charge in [0.15, 0.2) is 5.38 Å². The summed E-state index contributed by atoms with van der Waals surface area (Å²) in [6, 6.07) is -0.683. The summed E-state index contributed by atoms with van der Waals surface area (Å²) in [6.07, 6.45) is 0. The van der Waals surface area contributed by atoms with E-state index in [0.29, 0.717) is 0 Å². The second-order valence-corrected chi connectivity index (χ2v) is 2.80. The summed E-state index contributed by atoms with van der Waals surface area (Å²) < 4.78 is 0. The summed E-state index contributed by atoms with van der Waals surface area (Å²) in [4.78, 5) is 25.8. The van der Waals surface area contributed by atoms with Gasteiger partial charge in [0.1, 0.15) is 5.17 Å². The first-order valence-corrected chi connectivity index (χ1v) is 3.55. The van der Waals surface area contributed by atoms with Gasteiger partial charge in [0.2, 0.25) is 0 Å². The predicted molar refractivity (Wildman–Crippen MR) is 41.1 cm³/mol. The number of halogens is 2. The topological polar surface area (TPSA) is 49.7 Å². The van der Waals surface area contributed by atoms with E-state index in [1.54, 1.807) is 0 Å². The molecule has 0 spiro atoms. The lowest BCUT2D eigenvalue weighted by Crippen LogP contribution is -2.43. The van der Waals surface area contributed by atoms with Gasteiger partial charge in [0, 0.05) is 7.05 Å². The monoisotopic (exact) mass is 194 g/mol. The van der Waals surface area contributed by atoms with E-state index in [0.717, 1.165) is 4.90 Å². The number of rotatable bonds is 0. The van der Waals surface area contributed by atoms with Gasteiger partial charge in [-0.1, -0.05) is 11.6 Å². The average Bonchev–Trinajstić information content (AvgIpc) is 1.97. The SMILES string of the molecule is CN1C(=O)N=C(Cl)C(Cl)C1=O. The highest BCUT2D eigenvalue weighted by Crippen LogP contribution is 2.13. The standard InChI is InChI=1S/C5H4Cl2N2O2/c1-9-4(10)2(6)3(7)8-5(9)11/h2H,1H3. The average molecular weight is 195 g/mol. The van der Waals surface area contributed by atoms with E-state index in [1.807, 2.05) is 0 Å². The molecule has 1 aliphatic rings. The Balaban J connectivity index is 3.01. The molecule has 6 heteroatoms. The molecule has 4 nitrogen and oxygen atoms in total. The maximum absolute atomic E-state index is 11.0. The van der Waals surface area contributed by atoms with E-state index in [2.05, 4.69) is 4.99 Å². The quantitative estimate of drug-likeness (QED) is 0.537. The molecule has 0 fully saturated rings. The Morgan fingerprint density at radius 1 is 1.55 bits per heavy atom. The van der Waals surface area contributed by atoms with Gasteiger partial charge in [-0.3, -0.25) is 9.69 Å². The molecule has 0 N–H and O–H groups in total. The highest BCUT2D eigenvalue weighted by atomic mass is 35.5. The zero-order valence-corrected chi connectivity index (χ0v) is 7.06. The van der Waals surface area contributed by atoms with Gasteiger partial charge < -0.3 is 0 Å². The lowest BCUT2D eigenvalue weighted by molar-refractivity contribution is -0.125. The predicted octanol–water partition coefficient (Wildman–Crippen LogP) is 0.823. The minimum atomic E-state index is -1.01. The van der Waals surface area contributed by atoms with Crippen molar-refractivity contribution in [2.24, 2.45) is 4.99 Å². The molecule has 0 aliphatic carbocycles. The van der Waals surface area contributed by atoms with Crippen LogP contribution >= 0.6 is 23.2 Å². The zero-order chi connectivity index (χ0) is 8.59. The van der Waals surface area contributed by atoms with Crippen molar-refractivity contribution >= 4 is 40.3 Å². The molecule has 0 aromatic heterocycles. The molecule has 3 amide bonds. The second-order valence-electron chi connectivity index (χ2n) is 1.98. The largest absolute Gasteiger partial charge is 0.351 e. The smallest absolute Gasteiger partial charge is 0.272 e. The summed E-state index contributed by atoms with van der Waals surface area (Å²) in [5.41, 5.74) is 0. The zero-order valence-electron chi connectivity index (χ0n) is 5.54. The van der Waals surface area contributed by atoms with Gasteiger partial charge in [0.25, 0.3) is 5.91 Å². The molecule has 1 unspecified atom stereocenters. The molecule has 0 aromatic rings. The molecule has 1 heterocycles. The van der Waals surface area contributed by atoms with E-state index < -0.39 is 17.3 Å². The third-order valence-corrected chi connectivity index (χ3v) is 2.05. The van der Waals surface area contributed by atoms with Gasteiger partial charge in [-0.05, 0) is 0 Å². The Hall–Kier alpha value is -0.610. The number of amides is 3. The Morgan fingerprint density at radius 3 is 2.64 bits per heavy atom. The Kier molecular flexibility index (Phi) is 2.15. The molecule has 1 aliphatic heterocycles. The summed E-state index contributed by atoms with van der Waals surface area (Å²) >= 11 is 10.8. The first-order valence-electron chi connectivity index (χ1n) is 2.73. The Bertz CT molecular complexity index is 251. The molecular formula is C5H4Cl2N2O2. The van der Waals surface area contributed by atoms with Crippen molar-refractivity contribution in [1.82, 2.24) is 4.90 Å². The minimum absolute atomic E-state index is 0.167. The highest BCUT2D eigenvalue weighted by molar-refractivity contribution is 6.75. The molecule has 0 aromatic carbocycles. The van der Waals surface area contributed by atoms with Crippen LogP contribution in [0, 0.1) is 0 Å². The summed E-state index contributed by atoms with van der Waals surface area (Å²) in [7, 11) is 1.30. The van der Waals surface area contributed by atoms with E-state index in [1.165, 1.54) is 7.05 Å². The molecular weight excluding hydrogens is 191 g/mol. The molecule has 0 saturated carbocycles. The number of carbonyl (C=O) groups excluding carboxylic acids is 2. The first kappa shape index (κ1) is 8.49. The fourth-order valence-electron chi connectivity index (χ4n) is 0.589. The molecule has 0 radical (unpaired) electrons. The van der Waals surface area contributed by atoms with Gasteiger partial charge in [-0.25, -0.2) is 4.79 Å². The number of urea groups is 1. The van der Waals surface area contributed by atoms with Crippen LogP contribution in [0.15, 0.2) is 4.99 Å². The van der Waals surface area contributed by atoms with Crippen LogP contribution in [0.2, 0.25) is 0 Å². The summed E-state index contributed by atoms with van der Waals surface area (Å²) in [5, 5.41) is -1.18. The van der Waals surface area contributed by atoms with Crippen LogP contribution in [0.4, 0.5) is 4.79 Å². The first-order chi connectivity index (χ1) is 5.04. The van der Waals surface area contributed by atoms with Crippen molar-refractivity contribution in [1.29, 1.82) is 0 Å². The van der Waals surface area contributed by atoms with Crippen LogP contribution in [0.25, 0.3) is 0 Å². The van der Waals surface area contributed by atoms with Gasteiger partial charge in [-0.2, -0.15) is 4.99 Å². The van der Waals surface area contributed by atoms with Crippen LogP contribution in [-0.4, -0.2) is 34.4 Å². The number of nitrogens with zero attached hydrogens (tertiary/aromatic N) is 2. The third kappa shape index (κ3) is 1.36. The van der Waals surface area contributed by atoms with Gasteiger partial charge in [-0.15, -0.1) is 11.6 Å². The number of aliphatic imine (C=N–C) groups is 1. The van der Waals surface area contributed by atoms with E-state index in [9.17, 15) is 9.59 Å². The minimum Gasteiger partial charge on any atom is -0.272 e. The van der Waals surface area contributed by atoms with E-state index in [-0.39, 0.29) is 5.17 Å². The summed E-state index contributed by atoms with van der Waals surface area (Å²) in [5.74, 6) is -0.545. The van der Waals surface area contributed by atoms with Crippen LogP contribution in [0.3, 0.4) is 0 Å². The molecule has 60 valence electrons. The normalized spacial score (nSPS) is 25.5. The molecule has 1 atom stereocenters.